The predicted molar refractivity (Wildman–Crippen MR) is 129 cm³/mol. The number of amides is 1. The molecule has 186 valence electrons. The minimum absolute atomic E-state index is 0.0371. The van der Waals surface area contributed by atoms with Crippen molar-refractivity contribution in [3.63, 3.8) is 0 Å². The van der Waals surface area contributed by atoms with Gasteiger partial charge in [0, 0.05) is 50.8 Å². The molecule has 1 N–H and O–H groups in total. The maximum Gasteiger partial charge on any atom is 0.410 e. The summed E-state index contributed by atoms with van der Waals surface area (Å²) in [6, 6.07) is 4.53. The number of aliphatic hydroxyl groups is 1. The molecule has 0 spiro atoms. The molecule has 3 heterocycles. The van der Waals surface area contributed by atoms with Crippen LogP contribution >= 0.6 is 11.6 Å². The highest BCUT2D eigenvalue weighted by Crippen LogP contribution is 2.35. The normalized spacial score (nSPS) is 18.9. The smallest absolute Gasteiger partial charge is 0.410 e. The fourth-order valence-corrected chi connectivity index (χ4v) is 4.80. The van der Waals surface area contributed by atoms with Gasteiger partial charge in [-0.1, -0.05) is 11.6 Å². The van der Waals surface area contributed by atoms with Crippen LogP contribution in [0.25, 0.3) is 11.3 Å². The highest BCUT2D eigenvalue weighted by atomic mass is 35.5. The summed E-state index contributed by atoms with van der Waals surface area (Å²) in [5.74, 6) is 0.0956. The number of benzene rings is 1. The van der Waals surface area contributed by atoms with E-state index in [-0.39, 0.29) is 11.1 Å². The highest BCUT2D eigenvalue weighted by molar-refractivity contribution is 6.31. The van der Waals surface area contributed by atoms with Gasteiger partial charge in [-0.2, -0.15) is 0 Å². The fraction of sp³-hybridized carbons (Fsp3) is 0.600. The molecule has 2 saturated heterocycles. The molecule has 0 aliphatic carbocycles. The minimum atomic E-state index is -1.18. The van der Waals surface area contributed by atoms with Crippen molar-refractivity contribution < 1.29 is 19.0 Å². The average molecular weight is 493 g/mol. The third-order valence-electron chi connectivity index (χ3n) is 6.51. The standard InChI is InChI=1S/C25H34ClFN4O3/c1-24(2,3)34-23(32)30-12-8-25(33,9-13-30)22-28-21(18-6-7-20(27)19(26)16-18)17-31(22)15-14-29-10-4-5-11-29/h6-7,16-17,33H,4-5,8-15H2,1-3H3. The van der Waals surface area contributed by atoms with Crippen molar-refractivity contribution in [1.29, 1.82) is 0 Å². The van der Waals surface area contributed by atoms with E-state index >= 15 is 0 Å². The number of likely N-dealkylation sites (tertiary alicyclic amines) is 2. The first-order valence-corrected chi connectivity index (χ1v) is 12.4. The third kappa shape index (κ3) is 5.73. The van der Waals surface area contributed by atoms with E-state index < -0.39 is 17.0 Å². The number of halogens is 2. The predicted octanol–water partition coefficient (Wildman–Crippen LogP) is 4.66. The Hall–Kier alpha value is -2.16. The lowest BCUT2D eigenvalue weighted by molar-refractivity contribution is -0.0429. The lowest BCUT2D eigenvalue weighted by Gasteiger charge is -2.38. The molecule has 1 aromatic carbocycles. The molecule has 2 aliphatic rings. The van der Waals surface area contributed by atoms with Gasteiger partial charge in [-0.05, 0) is 64.9 Å². The maximum atomic E-state index is 13.7. The molecule has 1 aromatic heterocycles. The summed E-state index contributed by atoms with van der Waals surface area (Å²) in [5, 5.41) is 11.7. The summed E-state index contributed by atoms with van der Waals surface area (Å²) in [5.41, 5.74) is -0.406. The minimum Gasteiger partial charge on any atom is -0.444 e. The van der Waals surface area contributed by atoms with Crippen molar-refractivity contribution in [3.05, 3.63) is 41.1 Å². The molecular weight excluding hydrogens is 459 g/mol. The first-order valence-electron chi connectivity index (χ1n) is 12.0. The third-order valence-corrected chi connectivity index (χ3v) is 6.80. The first kappa shape index (κ1) is 24.9. The van der Waals surface area contributed by atoms with Crippen LogP contribution in [0, 0.1) is 5.82 Å². The van der Waals surface area contributed by atoms with Crippen molar-refractivity contribution in [2.75, 3.05) is 32.7 Å². The van der Waals surface area contributed by atoms with Crippen LogP contribution < -0.4 is 0 Å². The molecular formula is C25H34ClFN4O3. The van der Waals surface area contributed by atoms with Crippen molar-refractivity contribution in [1.82, 2.24) is 19.4 Å². The largest absolute Gasteiger partial charge is 0.444 e. The second kappa shape index (κ2) is 9.84. The topological polar surface area (TPSA) is 70.8 Å². The van der Waals surface area contributed by atoms with Gasteiger partial charge in [0.05, 0.1) is 10.7 Å². The van der Waals surface area contributed by atoms with Crippen LogP contribution in [0.2, 0.25) is 5.02 Å². The molecule has 2 aromatic rings. The number of rotatable bonds is 5. The molecule has 34 heavy (non-hydrogen) atoms. The number of aromatic nitrogens is 2. The van der Waals surface area contributed by atoms with Crippen LogP contribution in [-0.2, 0) is 16.9 Å². The van der Waals surface area contributed by atoms with Gasteiger partial charge in [-0.25, -0.2) is 14.2 Å². The molecule has 0 unspecified atom stereocenters. The van der Waals surface area contributed by atoms with Crippen LogP contribution in [0.15, 0.2) is 24.4 Å². The van der Waals surface area contributed by atoms with Crippen LogP contribution in [0.3, 0.4) is 0 Å². The number of hydrogen-bond acceptors (Lipinski definition) is 5. The van der Waals surface area contributed by atoms with Crippen LogP contribution in [0.1, 0.15) is 52.3 Å². The SMILES string of the molecule is CC(C)(C)OC(=O)N1CCC(O)(c2nc(-c3ccc(F)c(Cl)c3)cn2CCN2CCCC2)CC1. The quantitative estimate of drug-likeness (QED) is 0.657. The Morgan fingerprint density at radius 2 is 1.85 bits per heavy atom. The molecule has 0 atom stereocenters. The van der Waals surface area contributed by atoms with Crippen LogP contribution in [-0.4, -0.2) is 68.9 Å². The van der Waals surface area contributed by atoms with Crippen molar-refractivity contribution in [2.24, 2.45) is 0 Å². The zero-order chi connectivity index (χ0) is 24.5. The van der Waals surface area contributed by atoms with E-state index in [1.807, 2.05) is 31.5 Å². The molecule has 2 fully saturated rings. The Labute approximate surface area is 205 Å². The Morgan fingerprint density at radius 3 is 2.47 bits per heavy atom. The molecule has 0 radical (unpaired) electrons. The lowest BCUT2D eigenvalue weighted by Crippen LogP contribution is -2.47. The fourth-order valence-electron chi connectivity index (χ4n) is 4.62. The maximum absolute atomic E-state index is 13.7. The molecule has 2 aliphatic heterocycles. The van der Waals surface area contributed by atoms with E-state index in [2.05, 4.69) is 4.90 Å². The second-order valence-electron chi connectivity index (χ2n) is 10.3. The molecule has 1 amide bonds. The van der Waals surface area contributed by atoms with Gasteiger partial charge in [0.2, 0.25) is 0 Å². The van der Waals surface area contributed by atoms with Crippen LogP contribution in [0.4, 0.5) is 9.18 Å². The zero-order valence-corrected chi connectivity index (χ0v) is 20.9. The van der Waals surface area contributed by atoms with Crippen LogP contribution in [0.5, 0.6) is 0 Å². The van der Waals surface area contributed by atoms with E-state index in [1.165, 1.54) is 18.9 Å². The Balaban J connectivity index is 1.56. The van der Waals surface area contributed by atoms with Gasteiger partial charge < -0.3 is 24.2 Å². The number of hydrogen-bond donors (Lipinski definition) is 1. The van der Waals surface area contributed by atoms with Gasteiger partial charge >= 0.3 is 6.09 Å². The van der Waals surface area contributed by atoms with Gasteiger partial charge in [0.25, 0.3) is 0 Å². The number of carbonyl (C=O) groups excluding carboxylic acids is 1. The Kier molecular flexibility index (Phi) is 7.22. The first-order chi connectivity index (χ1) is 16.0. The van der Waals surface area contributed by atoms with Crippen molar-refractivity contribution in [2.45, 2.75) is 64.2 Å². The molecule has 0 saturated carbocycles. The van der Waals surface area contributed by atoms with Gasteiger partial charge in [-0.15, -0.1) is 0 Å². The molecule has 7 nitrogen and oxygen atoms in total. The van der Waals surface area contributed by atoms with Crippen molar-refractivity contribution in [3.8, 4) is 11.3 Å². The highest BCUT2D eigenvalue weighted by Gasteiger charge is 2.40. The zero-order valence-electron chi connectivity index (χ0n) is 20.2. The summed E-state index contributed by atoms with van der Waals surface area (Å²) >= 11 is 6.01. The number of ether oxygens (including phenoxy) is 1. The Morgan fingerprint density at radius 1 is 1.18 bits per heavy atom. The van der Waals surface area contributed by atoms with E-state index in [0.29, 0.717) is 49.6 Å². The van der Waals surface area contributed by atoms with Gasteiger partial charge in [0.15, 0.2) is 0 Å². The summed E-state index contributed by atoms with van der Waals surface area (Å²) < 4.78 is 21.2. The summed E-state index contributed by atoms with van der Waals surface area (Å²) in [7, 11) is 0. The monoisotopic (exact) mass is 492 g/mol. The summed E-state index contributed by atoms with van der Waals surface area (Å²) in [6.45, 7) is 9.99. The Bertz CT molecular complexity index is 1020. The average Bonchev–Trinajstić information content (AvgIpc) is 3.43. The lowest BCUT2D eigenvalue weighted by atomic mass is 9.90. The summed E-state index contributed by atoms with van der Waals surface area (Å²) in [4.78, 5) is 21.3. The van der Waals surface area contributed by atoms with Gasteiger partial charge in [-0.3, -0.25) is 0 Å². The number of nitrogens with zero attached hydrogens (tertiary/aromatic N) is 4. The van der Waals surface area contributed by atoms with Crippen molar-refractivity contribution >= 4 is 17.7 Å². The number of carbonyl (C=O) groups is 1. The van der Waals surface area contributed by atoms with E-state index in [9.17, 15) is 14.3 Å². The van der Waals surface area contributed by atoms with E-state index in [0.717, 1.165) is 19.6 Å². The van der Waals surface area contributed by atoms with E-state index in [1.54, 1.807) is 17.0 Å². The second-order valence-corrected chi connectivity index (χ2v) is 10.7. The molecule has 4 rings (SSSR count). The number of imidazole rings is 1. The molecule has 0 bridgehead atoms. The summed E-state index contributed by atoms with van der Waals surface area (Å²) in [6.07, 6.45) is 4.68. The van der Waals surface area contributed by atoms with Gasteiger partial charge in [0.1, 0.15) is 22.8 Å². The number of piperidine rings is 1. The molecule has 9 heteroatoms. The van der Waals surface area contributed by atoms with E-state index in [4.69, 9.17) is 21.3 Å².